The fraction of sp³-hybridized carbons (Fsp3) is 0.462. The lowest BCUT2D eigenvalue weighted by Crippen LogP contribution is -2.24. The average Bonchev–Trinajstić information content (AvgIpc) is 2.31. The van der Waals surface area contributed by atoms with Gasteiger partial charge in [-0.15, -0.1) is 0 Å². The van der Waals surface area contributed by atoms with E-state index < -0.39 is 0 Å². The van der Waals surface area contributed by atoms with E-state index in [1.807, 2.05) is 25.1 Å². The van der Waals surface area contributed by atoms with Gasteiger partial charge in [0.15, 0.2) is 0 Å². The summed E-state index contributed by atoms with van der Waals surface area (Å²) in [6, 6.07) is 12.9. The SMILES string of the molecule is CCC(C#N)CNC(C)c1ccccc1. The number of benzene rings is 1. The van der Waals surface area contributed by atoms with Gasteiger partial charge >= 0.3 is 0 Å². The third kappa shape index (κ3) is 3.73. The van der Waals surface area contributed by atoms with Crippen LogP contribution >= 0.6 is 0 Å². The molecule has 0 amide bonds. The fourth-order valence-corrected chi connectivity index (χ4v) is 1.46. The van der Waals surface area contributed by atoms with E-state index in [4.69, 9.17) is 5.26 Å². The predicted molar refractivity (Wildman–Crippen MR) is 62.3 cm³/mol. The van der Waals surface area contributed by atoms with Gasteiger partial charge in [0.1, 0.15) is 0 Å². The van der Waals surface area contributed by atoms with E-state index in [9.17, 15) is 0 Å². The van der Waals surface area contributed by atoms with E-state index in [-0.39, 0.29) is 5.92 Å². The summed E-state index contributed by atoms with van der Waals surface area (Å²) in [4.78, 5) is 0. The van der Waals surface area contributed by atoms with Crippen molar-refractivity contribution in [3.8, 4) is 6.07 Å². The van der Waals surface area contributed by atoms with Gasteiger partial charge in [-0.1, -0.05) is 37.3 Å². The summed E-state index contributed by atoms with van der Waals surface area (Å²) in [5.74, 6) is 0.121. The van der Waals surface area contributed by atoms with Crippen molar-refractivity contribution >= 4 is 0 Å². The second-order valence-electron chi connectivity index (χ2n) is 3.77. The zero-order valence-corrected chi connectivity index (χ0v) is 9.40. The van der Waals surface area contributed by atoms with Crippen molar-refractivity contribution in [3.63, 3.8) is 0 Å². The number of nitrogens with one attached hydrogen (secondary N) is 1. The van der Waals surface area contributed by atoms with Crippen LogP contribution in [0.2, 0.25) is 0 Å². The number of nitrogens with zero attached hydrogens (tertiary/aromatic N) is 1. The first-order valence-corrected chi connectivity index (χ1v) is 5.45. The average molecular weight is 202 g/mol. The van der Waals surface area contributed by atoms with Crippen LogP contribution in [0, 0.1) is 17.2 Å². The molecule has 0 aliphatic carbocycles. The number of nitriles is 1. The Morgan fingerprint density at radius 3 is 2.53 bits per heavy atom. The van der Waals surface area contributed by atoms with Crippen molar-refractivity contribution in [1.29, 1.82) is 5.26 Å². The highest BCUT2D eigenvalue weighted by atomic mass is 14.9. The molecule has 0 bridgehead atoms. The molecular weight excluding hydrogens is 184 g/mol. The Balaban J connectivity index is 2.44. The van der Waals surface area contributed by atoms with Crippen molar-refractivity contribution in [2.24, 2.45) is 5.92 Å². The highest BCUT2D eigenvalue weighted by Gasteiger charge is 2.08. The standard InChI is InChI=1S/C13H18N2/c1-3-12(9-14)10-15-11(2)13-7-5-4-6-8-13/h4-8,11-12,15H,3,10H2,1-2H3. The van der Waals surface area contributed by atoms with Gasteiger partial charge in [0.2, 0.25) is 0 Å². The van der Waals surface area contributed by atoms with Crippen molar-refractivity contribution in [3.05, 3.63) is 35.9 Å². The molecule has 1 rings (SSSR count). The third-order valence-corrected chi connectivity index (χ3v) is 2.65. The fourth-order valence-electron chi connectivity index (χ4n) is 1.46. The molecule has 2 nitrogen and oxygen atoms in total. The number of hydrogen-bond acceptors (Lipinski definition) is 2. The first-order valence-electron chi connectivity index (χ1n) is 5.45. The summed E-state index contributed by atoms with van der Waals surface area (Å²) in [7, 11) is 0. The van der Waals surface area contributed by atoms with Crippen LogP contribution in [0.1, 0.15) is 31.9 Å². The van der Waals surface area contributed by atoms with Crippen molar-refractivity contribution in [2.75, 3.05) is 6.54 Å². The molecular formula is C13H18N2. The minimum Gasteiger partial charge on any atom is -0.309 e. The first-order chi connectivity index (χ1) is 7.27. The Kier molecular flexibility index (Phi) is 4.86. The van der Waals surface area contributed by atoms with Crippen LogP contribution in [0.3, 0.4) is 0 Å². The third-order valence-electron chi connectivity index (χ3n) is 2.65. The lowest BCUT2D eigenvalue weighted by Gasteiger charge is -2.15. The second kappa shape index (κ2) is 6.21. The molecule has 0 radical (unpaired) electrons. The summed E-state index contributed by atoms with van der Waals surface area (Å²) >= 11 is 0. The van der Waals surface area contributed by atoms with Crippen LogP contribution in [0.4, 0.5) is 0 Å². The Morgan fingerprint density at radius 1 is 1.33 bits per heavy atom. The lowest BCUT2D eigenvalue weighted by molar-refractivity contribution is 0.499. The Morgan fingerprint density at radius 2 is 2.00 bits per heavy atom. The molecule has 0 fully saturated rings. The van der Waals surface area contributed by atoms with E-state index in [1.165, 1.54) is 5.56 Å². The van der Waals surface area contributed by atoms with Gasteiger partial charge in [0, 0.05) is 12.6 Å². The van der Waals surface area contributed by atoms with Crippen LogP contribution in [-0.2, 0) is 0 Å². The minimum atomic E-state index is 0.121. The highest BCUT2D eigenvalue weighted by Crippen LogP contribution is 2.11. The molecule has 0 saturated heterocycles. The highest BCUT2D eigenvalue weighted by molar-refractivity contribution is 5.18. The summed E-state index contributed by atoms with van der Waals surface area (Å²) in [6.07, 6.45) is 0.908. The second-order valence-corrected chi connectivity index (χ2v) is 3.77. The topological polar surface area (TPSA) is 35.8 Å². The van der Waals surface area contributed by atoms with Crippen molar-refractivity contribution in [2.45, 2.75) is 26.3 Å². The van der Waals surface area contributed by atoms with Crippen LogP contribution in [0.25, 0.3) is 0 Å². The maximum absolute atomic E-state index is 8.82. The minimum absolute atomic E-state index is 0.121. The quantitative estimate of drug-likeness (QED) is 0.797. The molecule has 0 heterocycles. The number of hydrogen-bond donors (Lipinski definition) is 1. The molecule has 2 atom stereocenters. The van der Waals surface area contributed by atoms with Gasteiger partial charge in [-0.25, -0.2) is 0 Å². The van der Waals surface area contributed by atoms with Crippen molar-refractivity contribution < 1.29 is 0 Å². The van der Waals surface area contributed by atoms with Gasteiger partial charge in [-0.3, -0.25) is 0 Å². The Bertz CT molecular complexity index is 313. The van der Waals surface area contributed by atoms with Crippen LogP contribution < -0.4 is 5.32 Å². The zero-order chi connectivity index (χ0) is 11.1. The summed E-state index contributed by atoms with van der Waals surface area (Å²) in [5, 5.41) is 12.2. The van der Waals surface area contributed by atoms with Gasteiger partial charge in [0.05, 0.1) is 12.0 Å². The molecule has 15 heavy (non-hydrogen) atoms. The van der Waals surface area contributed by atoms with E-state index in [0.29, 0.717) is 6.04 Å². The Hall–Kier alpha value is -1.33. The van der Waals surface area contributed by atoms with Crippen LogP contribution in [0.15, 0.2) is 30.3 Å². The van der Waals surface area contributed by atoms with Gasteiger partial charge < -0.3 is 5.32 Å². The lowest BCUT2D eigenvalue weighted by atomic mass is 10.1. The molecule has 0 aromatic heterocycles. The van der Waals surface area contributed by atoms with E-state index in [1.54, 1.807) is 0 Å². The van der Waals surface area contributed by atoms with Crippen molar-refractivity contribution in [1.82, 2.24) is 5.32 Å². The molecule has 2 heteroatoms. The summed E-state index contributed by atoms with van der Waals surface area (Å²) in [5.41, 5.74) is 1.27. The molecule has 0 aliphatic rings. The normalized spacial score (nSPS) is 14.2. The molecule has 0 aliphatic heterocycles. The largest absolute Gasteiger partial charge is 0.309 e. The Labute approximate surface area is 91.9 Å². The van der Waals surface area contributed by atoms with E-state index in [2.05, 4.69) is 30.4 Å². The summed E-state index contributed by atoms with van der Waals surface area (Å²) in [6.45, 7) is 4.94. The predicted octanol–water partition coefficient (Wildman–Crippen LogP) is 2.89. The van der Waals surface area contributed by atoms with Crippen LogP contribution in [-0.4, -0.2) is 6.54 Å². The van der Waals surface area contributed by atoms with E-state index in [0.717, 1.165) is 13.0 Å². The molecule has 1 aromatic carbocycles. The maximum Gasteiger partial charge on any atom is 0.0669 e. The van der Waals surface area contributed by atoms with Crippen LogP contribution in [0.5, 0.6) is 0 Å². The van der Waals surface area contributed by atoms with Gasteiger partial charge in [-0.2, -0.15) is 5.26 Å². The van der Waals surface area contributed by atoms with Gasteiger partial charge in [0.25, 0.3) is 0 Å². The zero-order valence-electron chi connectivity index (χ0n) is 9.40. The molecule has 0 saturated carbocycles. The summed E-state index contributed by atoms with van der Waals surface area (Å²) < 4.78 is 0. The first kappa shape index (κ1) is 11.7. The smallest absolute Gasteiger partial charge is 0.0669 e. The monoisotopic (exact) mass is 202 g/mol. The van der Waals surface area contributed by atoms with E-state index >= 15 is 0 Å². The molecule has 2 unspecified atom stereocenters. The maximum atomic E-state index is 8.82. The molecule has 1 N–H and O–H groups in total. The molecule has 1 aromatic rings. The number of rotatable bonds is 5. The molecule has 0 spiro atoms. The molecule has 80 valence electrons. The van der Waals surface area contributed by atoms with Gasteiger partial charge in [-0.05, 0) is 18.9 Å².